The summed E-state index contributed by atoms with van der Waals surface area (Å²) in [5.41, 5.74) is 14.5. The van der Waals surface area contributed by atoms with Gasteiger partial charge in [0.05, 0.1) is 5.56 Å². The third-order valence-corrected chi connectivity index (χ3v) is 4.48. The highest BCUT2D eigenvalue weighted by atomic mass is 35.5. The Balaban J connectivity index is 0.00000196. The second-order valence-electron chi connectivity index (χ2n) is 6.68. The van der Waals surface area contributed by atoms with Gasteiger partial charge in [0, 0.05) is 42.3 Å². The van der Waals surface area contributed by atoms with Crippen LogP contribution in [-0.4, -0.2) is 29.1 Å². The zero-order valence-corrected chi connectivity index (χ0v) is 17.5. The first-order valence-electron chi connectivity index (χ1n) is 9.04. The van der Waals surface area contributed by atoms with E-state index in [1.807, 2.05) is 6.07 Å². The van der Waals surface area contributed by atoms with Crippen LogP contribution >= 0.6 is 24.8 Å². The van der Waals surface area contributed by atoms with Gasteiger partial charge >= 0.3 is 0 Å². The highest BCUT2D eigenvalue weighted by Crippen LogP contribution is 2.23. The maximum absolute atomic E-state index is 9.15. The molecule has 3 rings (SSSR count). The lowest BCUT2D eigenvalue weighted by Gasteiger charge is -2.32. The number of aromatic nitrogens is 2. The lowest BCUT2D eigenvalue weighted by atomic mass is 10.1. The number of hydrogen-bond donors (Lipinski definition) is 3. The van der Waals surface area contributed by atoms with Crippen molar-refractivity contribution in [2.24, 2.45) is 5.73 Å². The zero-order valence-electron chi connectivity index (χ0n) is 15.9. The Morgan fingerprint density at radius 1 is 1.29 bits per heavy atom. The first-order chi connectivity index (χ1) is 12.6. The Labute approximate surface area is 178 Å². The van der Waals surface area contributed by atoms with Gasteiger partial charge in [-0.05, 0) is 37.5 Å². The molecule has 1 fully saturated rings. The molecule has 1 atom stereocenters. The molecular formula is C19H27Cl2N7. The Kier molecular flexibility index (Phi) is 9.26. The van der Waals surface area contributed by atoms with Crippen LogP contribution in [0.25, 0.3) is 0 Å². The molecule has 0 amide bonds. The van der Waals surface area contributed by atoms with Crippen molar-refractivity contribution in [3.05, 3.63) is 35.5 Å². The van der Waals surface area contributed by atoms with E-state index in [1.54, 1.807) is 12.1 Å². The minimum Gasteiger partial charge on any atom is -0.398 e. The average Bonchev–Trinajstić information content (AvgIpc) is 2.63. The number of piperidine rings is 1. The minimum atomic E-state index is 0. The van der Waals surface area contributed by atoms with Gasteiger partial charge in [-0.25, -0.2) is 4.98 Å². The molecule has 7 nitrogen and oxygen atoms in total. The summed E-state index contributed by atoms with van der Waals surface area (Å²) in [7, 11) is 0. The molecule has 9 heteroatoms. The molecule has 0 bridgehead atoms. The van der Waals surface area contributed by atoms with Crippen LogP contribution in [0.15, 0.2) is 24.3 Å². The normalized spacial score (nSPS) is 15.8. The quantitative estimate of drug-likeness (QED) is 0.630. The Morgan fingerprint density at radius 2 is 2.07 bits per heavy atom. The summed E-state index contributed by atoms with van der Waals surface area (Å²) in [6, 6.07) is 9.57. The van der Waals surface area contributed by atoms with Crippen LogP contribution in [0.2, 0.25) is 0 Å². The van der Waals surface area contributed by atoms with Gasteiger partial charge in [-0.15, -0.1) is 24.8 Å². The fourth-order valence-electron chi connectivity index (χ4n) is 3.16. The minimum absolute atomic E-state index is 0. The summed E-state index contributed by atoms with van der Waals surface area (Å²) in [5.74, 6) is 1.43. The summed E-state index contributed by atoms with van der Waals surface area (Å²) in [6.45, 7) is 3.89. The number of nitrogens with one attached hydrogen (secondary N) is 1. The van der Waals surface area contributed by atoms with E-state index < -0.39 is 0 Å². The molecule has 1 aliphatic heterocycles. The third-order valence-electron chi connectivity index (χ3n) is 4.48. The number of nitrogens with two attached hydrogens (primary N) is 2. The van der Waals surface area contributed by atoms with Gasteiger partial charge in [-0.1, -0.05) is 13.3 Å². The van der Waals surface area contributed by atoms with Crippen molar-refractivity contribution in [2.75, 3.05) is 29.0 Å². The molecule has 1 unspecified atom stereocenters. The average molecular weight is 424 g/mol. The standard InChI is InChI=1S/C19H25N7.2ClH/c1-2-4-15-10-18(26-8-3-5-14(21)12-26)25-19(23-15)24-16-6-7-17(22)13(9-16)11-20;;/h6-7,9-10,14H,2-5,8,12,21-22H2,1H3,(H,23,24,25);2*1H. The molecule has 2 aromatic rings. The highest BCUT2D eigenvalue weighted by molar-refractivity contribution is 5.85. The van der Waals surface area contributed by atoms with E-state index in [-0.39, 0.29) is 30.9 Å². The largest absolute Gasteiger partial charge is 0.398 e. The predicted molar refractivity (Wildman–Crippen MR) is 119 cm³/mol. The van der Waals surface area contributed by atoms with Crippen molar-refractivity contribution in [3.8, 4) is 6.07 Å². The van der Waals surface area contributed by atoms with Crippen molar-refractivity contribution in [1.82, 2.24) is 9.97 Å². The van der Waals surface area contributed by atoms with Gasteiger partial charge < -0.3 is 21.7 Å². The summed E-state index contributed by atoms with van der Waals surface area (Å²) in [6.07, 6.45) is 4.02. The van der Waals surface area contributed by atoms with E-state index in [1.165, 1.54) is 0 Å². The summed E-state index contributed by atoms with van der Waals surface area (Å²) in [5, 5.41) is 12.4. The molecule has 0 spiro atoms. The zero-order chi connectivity index (χ0) is 18.5. The second-order valence-corrected chi connectivity index (χ2v) is 6.68. The third kappa shape index (κ3) is 5.86. The van der Waals surface area contributed by atoms with Gasteiger partial charge in [0.1, 0.15) is 11.9 Å². The molecule has 1 aromatic carbocycles. The van der Waals surface area contributed by atoms with E-state index in [0.717, 1.165) is 56.0 Å². The van der Waals surface area contributed by atoms with E-state index in [0.29, 0.717) is 17.2 Å². The molecule has 0 saturated carbocycles. The molecule has 152 valence electrons. The maximum Gasteiger partial charge on any atom is 0.229 e. The van der Waals surface area contributed by atoms with Gasteiger partial charge in [0.25, 0.3) is 0 Å². The molecular weight excluding hydrogens is 397 g/mol. The molecule has 2 heterocycles. The summed E-state index contributed by atoms with van der Waals surface area (Å²) >= 11 is 0. The van der Waals surface area contributed by atoms with E-state index in [2.05, 4.69) is 39.2 Å². The number of hydrogen-bond acceptors (Lipinski definition) is 7. The number of halogens is 2. The summed E-state index contributed by atoms with van der Waals surface area (Å²) < 4.78 is 0. The highest BCUT2D eigenvalue weighted by Gasteiger charge is 2.19. The van der Waals surface area contributed by atoms with Crippen LogP contribution in [0.3, 0.4) is 0 Å². The number of nitriles is 1. The first kappa shape index (κ1) is 23.8. The monoisotopic (exact) mass is 423 g/mol. The number of nitrogen functional groups attached to an aromatic ring is 1. The number of benzene rings is 1. The van der Waals surface area contributed by atoms with E-state index >= 15 is 0 Å². The SMILES string of the molecule is CCCc1cc(N2CCCC(N)C2)nc(Nc2ccc(N)c(C#N)c2)n1.Cl.Cl. The van der Waals surface area contributed by atoms with E-state index in [9.17, 15) is 0 Å². The number of anilines is 4. The lowest BCUT2D eigenvalue weighted by molar-refractivity contribution is 0.503. The molecule has 5 N–H and O–H groups in total. The number of nitrogens with zero attached hydrogens (tertiary/aromatic N) is 4. The molecule has 1 aromatic heterocycles. The Morgan fingerprint density at radius 3 is 2.75 bits per heavy atom. The van der Waals surface area contributed by atoms with Gasteiger partial charge in [0.15, 0.2) is 0 Å². The van der Waals surface area contributed by atoms with Crippen molar-refractivity contribution in [3.63, 3.8) is 0 Å². The van der Waals surface area contributed by atoms with E-state index in [4.69, 9.17) is 16.7 Å². The van der Waals surface area contributed by atoms with Crippen molar-refractivity contribution < 1.29 is 0 Å². The van der Waals surface area contributed by atoms with Crippen molar-refractivity contribution in [2.45, 2.75) is 38.6 Å². The molecule has 28 heavy (non-hydrogen) atoms. The van der Waals surface area contributed by atoms with Crippen molar-refractivity contribution >= 4 is 48.0 Å². The lowest BCUT2D eigenvalue weighted by Crippen LogP contribution is -2.43. The number of rotatable bonds is 5. The maximum atomic E-state index is 9.15. The molecule has 0 aliphatic carbocycles. The second kappa shape index (κ2) is 10.9. The fraction of sp³-hybridized carbons (Fsp3) is 0.421. The fourth-order valence-corrected chi connectivity index (χ4v) is 3.16. The first-order valence-corrected chi connectivity index (χ1v) is 9.04. The van der Waals surface area contributed by atoms with Gasteiger partial charge in [-0.3, -0.25) is 0 Å². The van der Waals surface area contributed by atoms with Crippen LogP contribution in [0.1, 0.15) is 37.4 Å². The smallest absolute Gasteiger partial charge is 0.229 e. The van der Waals surface area contributed by atoms with Crippen LogP contribution in [0, 0.1) is 11.3 Å². The van der Waals surface area contributed by atoms with Crippen LogP contribution in [0.5, 0.6) is 0 Å². The molecule has 0 radical (unpaired) electrons. The summed E-state index contributed by atoms with van der Waals surface area (Å²) in [4.78, 5) is 11.5. The topological polar surface area (TPSA) is 117 Å². The molecule has 1 saturated heterocycles. The predicted octanol–water partition coefficient (Wildman–Crippen LogP) is 3.40. The molecule has 1 aliphatic rings. The Hall–Kier alpha value is -2.27. The van der Waals surface area contributed by atoms with Crippen molar-refractivity contribution in [1.29, 1.82) is 5.26 Å². The number of aryl methyl sites for hydroxylation is 1. The van der Waals surface area contributed by atoms with Gasteiger partial charge in [0.2, 0.25) is 5.95 Å². The van der Waals surface area contributed by atoms with Gasteiger partial charge in [-0.2, -0.15) is 10.2 Å². The van der Waals surface area contributed by atoms with Crippen LogP contribution in [-0.2, 0) is 6.42 Å². The Bertz CT molecular complexity index is 822. The van der Waals surface area contributed by atoms with Crippen LogP contribution in [0.4, 0.5) is 23.1 Å². The van der Waals surface area contributed by atoms with Crippen LogP contribution < -0.4 is 21.7 Å².